The Labute approximate surface area is 49.5 Å². The van der Waals surface area contributed by atoms with Crippen LogP contribution in [0.15, 0.2) is 12.5 Å². The van der Waals surface area contributed by atoms with Crippen molar-refractivity contribution in [2.45, 2.75) is 0 Å². The van der Waals surface area contributed by atoms with Gasteiger partial charge in [-0.05, 0) is 0 Å². The monoisotopic (exact) mass is 130 g/mol. The number of carboxylic acids is 1. The van der Waals surface area contributed by atoms with Gasteiger partial charge in [0.05, 0.1) is 6.20 Å². The summed E-state index contributed by atoms with van der Waals surface area (Å²) >= 11 is 0. The van der Waals surface area contributed by atoms with Crippen LogP contribution in [0.2, 0.25) is 0 Å². The van der Waals surface area contributed by atoms with Crippen molar-refractivity contribution >= 4 is 5.97 Å². The minimum Gasteiger partial charge on any atom is -0.476 e. The molecule has 1 N–H and O–H groups in total. The molecule has 1 aromatic rings. The van der Waals surface area contributed by atoms with Crippen molar-refractivity contribution in [3.05, 3.63) is 18.2 Å². The van der Waals surface area contributed by atoms with Crippen molar-refractivity contribution in [2.75, 3.05) is 0 Å². The molecule has 9 heavy (non-hydrogen) atoms. The predicted molar refractivity (Wildman–Crippen MR) is 25.7 cm³/mol. The van der Waals surface area contributed by atoms with Crippen molar-refractivity contribution in [1.82, 2.24) is 9.77 Å². The first-order valence-corrected chi connectivity index (χ1v) is 2.13. The van der Waals surface area contributed by atoms with Gasteiger partial charge in [0.15, 0.2) is 5.69 Å². The van der Waals surface area contributed by atoms with E-state index in [0.717, 1.165) is 12.5 Å². The van der Waals surface area contributed by atoms with E-state index in [-0.39, 0.29) is 10.5 Å². The molecule has 1 aromatic heterocycles. The van der Waals surface area contributed by atoms with E-state index < -0.39 is 5.97 Å². The number of rotatable bonds is 1. The normalized spacial score (nSPS) is 9.44. The number of carbonyl (C=O) groups is 1. The topological polar surface area (TPSA) is 55.1 Å². The number of carboxylic acid groups (broad SMARTS) is 1. The van der Waals surface area contributed by atoms with Crippen LogP contribution in [0.3, 0.4) is 0 Å². The minimum atomic E-state index is -1.23. The summed E-state index contributed by atoms with van der Waals surface area (Å²) in [6.07, 6.45) is 1.56. The standard InChI is InChI=1S/C4H3FN2O2/c5-7-1-3(4(8)9)6-2-7/h1-2H,(H,8,9). The molecular weight excluding hydrogens is 127 g/mol. The molecule has 0 aliphatic heterocycles. The smallest absolute Gasteiger partial charge is 0.356 e. The lowest BCUT2D eigenvalue weighted by Crippen LogP contribution is -1.94. The molecule has 0 unspecified atom stereocenters. The first-order chi connectivity index (χ1) is 4.20. The third kappa shape index (κ3) is 1.04. The number of nitrogens with zero attached hydrogens (tertiary/aromatic N) is 2. The predicted octanol–water partition coefficient (Wildman–Crippen LogP) is 0.314. The molecule has 0 aliphatic carbocycles. The Balaban J connectivity index is 2.98. The fourth-order valence-corrected chi connectivity index (χ4v) is 0.411. The number of halogens is 1. The quantitative estimate of drug-likeness (QED) is 0.595. The minimum absolute atomic E-state index is 0.0868. The highest BCUT2D eigenvalue weighted by molar-refractivity contribution is 5.84. The van der Waals surface area contributed by atoms with Crippen LogP contribution < -0.4 is 0 Å². The average molecular weight is 130 g/mol. The third-order valence-electron chi connectivity index (χ3n) is 0.772. The summed E-state index contributed by atoms with van der Waals surface area (Å²) in [7, 11) is 0. The van der Waals surface area contributed by atoms with Crippen LogP contribution >= 0.6 is 0 Å². The largest absolute Gasteiger partial charge is 0.476 e. The second-order valence-electron chi connectivity index (χ2n) is 1.41. The second kappa shape index (κ2) is 1.85. The maximum atomic E-state index is 11.9. The average Bonchev–Trinajstić information content (AvgIpc) is 2.14. The van der Waals surface area contributed by atoms with Gasteiger partial charge in [-0.15, -0.1) is 0 Å². The van der Waals surface area contributed by atoms with Crippen LogP contribution in [0.4, 0.5) is 4.48 Å². The molecule has 48 valence electrons. The van der Waals surface area contributed by atoms with Gasteiger partial charge in [-0.3, -0.25) is 0 Å². The Morgan fingerprint density at radius 2 is 2.56 bits per heavy atom. The van der Waals surface area contributed by atoms with Crippen molar-refractivity contribution in [2.24, 2.45) is 0 Å². The number of hydrogen-bond acceptors (Lipinski definition) is 2. The first kappa shape index (κ1) is 5.74. The van der Waals surface area contributed by atoms with Gasteiger partial charge in [-0.1, -0.05) is 4.48 Å². The highest BCUT2D eigenvalue weighted by Crippen LogP contribution is 1.93. The molecule has 0 aromatic carbocycles. The van der Waals surface area contributed by atoms with Crippen LogP contribution in [0, 0.1) is 0 Å². The Morgan fingerprint density at radius 3 is 2.78 bits per heavy atom. The molecule has 0 bridgehead atoms. The van der Waals surface area contributed by atoms with Gasteiger partial charge in [-0.2, -0.15) is 4.79 Å². The number of aromatic nitrogens is 2. The van der Waals surface area contributed by atoms with E-state index in [2.05, 4.69) is 4.98 Å². The van der Waals surface area contributed by atoms with Crippen LogP contribution in [-0.4, -0.2) is 20.8 Å². The van der Waals surface area contributed by atoms with E-state index >= 15 is 0 Å². The Morgan fingerprint density at radius 1 is 1.89 bits per heavy atom. The van der Waals surface area contributed by atoms with Crippen molar-refractivity contribution in [3.8, 4) is 0 Å². The second-order valence-corrected chi connectivity index (χ2v) is 1.41. The first-order valence-electron chi connectivity index (χ1n) is 2.13. The van der Waals surface area contributed by atoms with Crippen molar-refractivity contribution in [3.63, 3.8) is 0 Å². The molecule has 0 spiro atoms. The Bertz CT molecular complexity index is 232. The molecule has 0 amide bonds. The van der Waals surface area contributed by atoms with E-state index in [9.17, 15) is 9.28 Å². The van der Waals surface area contributed by atoms with Crippen molar-refractivity contribution < 1.29 is 14.4 Å². The van der Waals surface area contributed by atoms with E-state index in [0.29, 0.717) is 0 Å². The van der Waals surface area contributed by atoms with Crippen LogP contribution in [-0.2, 0) is 0 Å². The summed E-state index contributed by atoms with van der Waals surface area (Å²) in [5, 5.41) is 8.16. The summed E-state index contributed by atoms with van der Waals surface area (Å²) < 4.78 is 11.9. The fourth-order valence-electron chi connectivity index (χ4n) is 0.411. The zero-order valence-electron chi connectivity index (χ0n) is 4.28. The summed E-state index contributed by atoms with van der Waals surface area (Å²) in [5.41, 5.74) is -0.294. The van der Waals surface area contributed by atoms with Crippen LogP contribution in [0.1, 0.15) is 10.5 Å². The van der Waals surface area contributed by atoms with Gasteiger partial charge in [-0.25, -0.2) is 9.78 Å². The highest BCUT2D eigenvalue weighted by Gasteiger charge is 2.04. The van der Waals surface area contributed by atoms with Crippen molar-refractivity contribution in [1.29, 1.82) is 0 Å². The molecular formula is C4H3FN2O2. The van der Waals surface area contributed by atoms with Gasteiger partial charge in [0, 0.05) is 0 Å². The van der Waals surface area contributed by atoms with Crippen LogP contribution in [0.5, 0.6) is 0 Å². The molecule has 0 aliphatic rings. The van der Waals surface area contributed by atoms with Crippen LogP contribution in [0.25, 0.3) is 0 Å². The number of imidazole rings is 1. The molecule has 1 heterocycles. The number of hydrogen-bond donors (Lipinski definition) is 1. The molecule has 0 saturated carbocycles. The summed E-state index contributed by atoms with van der Waals surface area (Å²) in [5.74, 6) is -1.23. The maximum Gasteiger partial charge on any atom is 0.356 e. The van der Waals surface area contributed by atoms with E-state index in [1.54, 1.807) is 0 Å². The summed E-state index contributed by atoms with van der Waals surface area (Å²) in [6, 6.07) is 0. The molecule has 4 nitrogen and oxygen atoms in total. The molecule has 5 heteroatoms. The molecule has 0 fully saturated rings. The lowest BCUT2D eigenvalue weighted by molar-refractivity contribution is 0.0690. The highest BCUT2D eigenvalue weighted by atomic mass is 19.2. The molecule has 1 rings (SSSR count). The van der Waals surface area contributed by atoms with E-state index in [1.165, 1.54) is 0 Å². The Hall–Kier alpha value is -1.39. The molecule has 0 saturated heterocycles. The zero-order valence-corrected chi connectivity index (χ0v) is 4.28. The number of aromatic carboxylic acids is 1. The SMILES string of the molecule is O=C(O)c1cn(F)cn1. The summed E-state index contributed by atoms with van der Waals surface area (Å²) in [4.78, 5) is 13.3. The van der Waals surface area contributed by atoms with Gasteiger partial charge in [0.1, 0.15) is 6.33 Å². The fraction of sp³-hybridized carbons (Fsp3) is 0. The van der Waals surface area contributed by atoms with E-state index in [1.807, 2.05) is 0 Å². The van der Waals surface area contributed by atoms with Gasteiger partial charge in [0.2, 0.25) is 0 Å². The lowest BCUT2D eigenvalue weighted by Gasteiger charge is -1.78. The summed E-state index contributed by atoms with van der Waals surface area (Å²) in [6.45, 7) is 0. The zero-order chi connectivity index (χ0) is 6.85. The van der Waals surface area contributed by atoms with Gasteiger partial charge in [0.25, 0.3) is 0 Å². The molecule has 0 radical (unpaired) electrons. The Kier molecular flexibility index (Phi) is 1.18. The van der Waals surface area contributed by atoms with Gasteiger partial charge < -0.3 is 5.11 Å². The van der Waals surface area contributed by atoms with E-state index in [4.69, 9.17) is 5.11 Å². The lowest BCUT2D eigenvalue weighted by atomic mass is 10.5. The maximum absolute atomic E-state index is 11.9. The molecule has 0 atom stereocenters. The third-order valence-corrected chi connectivity index (χ3v) is 0.772. The van der Waals surface area contributed by atoms with Gasteiger partial charge >= 0.3 is 5.97 Å².